The van der Waals surface area contributed by atoms with Crippen LogP contribution in [0.4, 0.5) is 0 Å². The van der Waals surface area contributed by atoms with Gasteiger partial charge in [0.25, 0.3) is 0 Å². The smallest absolute Gasteiger partial charge is 0.170 e. The molecule has 3 aromatic rings. The maximum atomic E-state index is 6.42. The van der Waals surface area contributed by atoms with Gasteiger partial charge in [0.2, 0.25) is 0 Å². The normalized spacial score (nSPS) is 18.6. The van der Waals surface area contributed by atoms with Crippen LogP contribution in [0.3, 0.4) is 0 Å². The Morgan fingerprint density at radius 3 is 2.74 bits per heavy atom. The highest BCUT2D eigenvalue weighted by Crippen LogP contribution is 2.41. The molecule has 0 radical (unpaired) electrons. The largest absolute Gasteiger partial charge is 0.459 e. The number of aromatic nitrogens is 1. The summed E-state index contributed by atoms with van der Waals surface area (Å²) in [5.41, 5.74) is 3.20. The average Bonchev–Trinajstić information content (AvgIpc) is 3.33. The van der Waals surface area contributed by atoms with Gasteiger partial charge >= 0.3 is 0 Å². The topological polar surface area (TPSA) is 44.5 Å². The molecular formula is C24H27BrN4OS. The molecule has 0 aliphatic carbocycles. The zero-order valence-corrected chi connectivity index (χ0v) is 20.4. The summed E-state index contributed by atoms with van der Waals surface area (Å²) in [6, 6.07) is 16.3. The molecule has 31 heavy (non-hydrogen) atoms. The predicted octanol–water partition coefficient (Wildman–Crippen LogP) is 5.34. The van der Waals surface area contributed by atoms with Crippen LogP contribution in [0.25, 0.3) is 11.3 Å². The number of hydrogen-bond donors (Lipinski definition) is 1. The molecule has 1 fully saturated rings. The van der Waals surface area contributed by atoms with Gasteiger partial charge in [-0.3, -0.25) is 4.98 Å². The summed E-state index contributed by atoms with van der Waals surface area (Å²) in [5.74, 6) is 1.73. The molecule has 1 N–H and O–H groups in total. The van der Waals surface area contributed by atoms with Gasteiger partial charge in [-0.1, -0.05) is 28.1 Å². The summed E-state index contributed by atoms with van der Waals surface area (Å²) in [7, 11) is 4.18. The number of hydrogen-bond acceptors (Lipinski definition) is 4. The van der Waals surface area contributed by atoms with Crippen molar-refractivity contribution in [2.45, 2.75) is 25.4 Å². The highest BCUT2D eigenvalue weighted by Gasteiger charge is 2.41. The molecule has 1 aliphatic heterocycles. The lowest BCUT2D eigenvalue weighted by Gasteiger charge is -2.26. The van der Waals surface area contributed by atoms with Crippen LogP contribution in [0, 0.1) is 6.92 Å². The number of aryl methyl sites for hydroxylation is 1. The van der Waals surface area contributed by atoms with Gasteiger partial charge in [0, 0.05) is 22.8 Å². The maximum absolute atomic E-state index is 6.42. The van der Waals surface area contributed by atoms with E-state index in [0.29, 0.717) is 0 Å². The SMILES string of the molecule is Cc1ccc(-c2ccc(C3C(c4ccccn4)NC(=S)N3CCCN(C)C)o2)c(Br)c1. The molecule has 7 heteroatoms. The van der Waals surface area contributed by atoms with Crippen LogP contribution in [0.15, 0.2) is 63.6 Å². The summed E-state index contributed by atoms with van der Waals surface area (Å²) < 4.78 is 7.45. The molecule has 0 bridgehead atoms. The van der Waals surface area contributed by atoms with Gasteiger partial charge in [-0.25, -0.2) is 0 Å². The molecular weight excluding hydrogens is 472 g/mol. The van der Waals surface area contributed by atoms with Crippen LogP contribution in [0.5, 0.6) is 0 Å². The Balaban J connectivity index is 1.68. The van der Waals surface area contributed by atoms with Gasteiger partial charge < -0.3 is 19.5 Å². The number of nitrogens with one attached hydrogen (secondary N) is 1. The third-order valence-corrected chi connectivity index (χ3v) is 6.52. The minimum Gasteiger partial charge on any atom is -0.459 e. The van der Waals surface area contributed by atoms with E-state index in [0.717, 1.165) is 51.9 Å². The summed E-state index contributed by atoms with van der Waals surface area (Å²) in [6.07, 6.45) is 2.83. The highest BCUT2D eigenvalue weighted by molar-refractivity contribution is 9.10. The van der Waals surface area contributed by atoms with Crippen molar-refractivity contribution in [1.82, 2.24) is 20.1 Å². The number of halogens is 1. The van der Waals surface area contributed by atoms with E-state index < -0.39 is 0 Å². The molecule has 3 heterocycles. The number of thiocarbonyl (C=S) groups is 1. The molecule has 2 unspecified atom stereocenters. The molecule has 2 atom stereocenters. The summed E-state index contributed by atoms with van der Waals surface area (Å²) in [5, 5.41) is 4.23. The quantitative estimate of drug-likeness (QED) is 0.443. The molecule has 2 aromatic heterocycles. The molecule has 1 saturated heterocycles. The molecule has 1 aromatic carbocycles. The first kappa shape index (κ1) is 22.0. The van der Waals surface area contributed by atoms with Gasteiger partial charge in [0.15, 0.2) is 5.11 Å². The van der Waals surface area contributed by atoms with Crippen molar-refractivity contribution in [3.8, 4) is 11.3 Å². The lowest BCUT2D eigenvalue weighted by atomic mass is 10.0. The number of furan rings is 1. The van der Waals surface area contributed by atoms with E-state index in [1.807, 2.05) is 30.5 Å². The van der Waals surface area contributed by atoms with E-state index in [1.54, 1.807) is 0 Å². The molecule has 162 valence electrons. The van der Waals surface area contributed by atoms with Crippen LogP contribution < -0.4 is 5.32 Å². The standard InChI is InChI=1S/C24H27BrN4OS/c1-16-8-9-17(18(25)15-16)20-10-11-21(30-20)23-22(19-7-4-5-12-26-19)27-24(31)29(23)14-6-13-28(2)3/h4-5,7-12,15,22-23H,6,13-14H2,1-3H3,(H,27,31). The van der Waals surface area contributed by atoms with E-state index in [2.05, 4.69) is 81.3 Å². The Morgan fingerprint density at radius 2 is 2.03 bits per heavy atom. The van der Waals surface area contributed by atoms with Crippen LogP contribution >= 0.6 is 28.1 Å². The van der Waals surface area contributed by atoms with E-state index in [4.69, 9.17) is 16.6 Å². The Morgan fingerprint density at radius 1 is 1.19 bits per heavy atom. The van der Waals surface area contributed by atoms with Crippen LogP contribution in [0.2, 0.25) is 0 Å². The Kier molecular flexibility index (Phi) is 6.74. The van der Waals surface area contributed by atoms with E-state index in [9.17, 15) is 0 Å². The first-order valence-electron chi connectivity index (χ1n) is 10.4. The average molecular weight is 499 g/mol. The van der Waals surface area contributed by atoms with E-state index in [-0.39, 0.29) is 12.1 Å². The first-order valence-corrected chi connectivity index (χ1v) is 11.6. The minimum absolute atomic E-state index is 0.0532. The highest BCUT2D eigenvalue weighted by atomic mass is 79.9. The second-order valence-electron chi connectivity index (χ2n) is 8.16. The van der Waals surface area contributed by atoms with Crippen LogP contribution in [0.1, 0.15) is 35.5 Å². The van der Waals surface area contributed by atoms with Crippen molar-refractivity contribution >= 4 is 33.3 Å². The van der Waals surface area contributed by atoms with Crippen LogP contribution in [-0.2, 0) is 0 Å². The van der Waals surface area contributed by atoms with Gasteiger partial charge in [-0.15, -0.1) is 0 Å². The second-order valence-corrected chi connectivity index (χ2v) is 9.40. The fraction of sp³-hybridized carbons (Fsp3) is 0.333. The summed E-state index contributed by atoms with van der Waals surface area (Å²) in [4.78, 5) is 9.03. The Labute approximate surface area is 197 Å². The van der Waals surface area contributed by atoms with Crippen molar-refractivity contribution < 1.29 is 4.42 Å². The molecule has 0 saturated carbocycles. The van der Waals surface area contributed by atoms with Gasteiger partial charge in [-0.05, 0) is 88.2 Å². The molecule has 5 nitrogen and oxygen atoms in total. The number of pyridine rings is 1. The summed E-state index contributed by atoms with van der Waals surface area (Å²) in [6.45, 7) is 3.93. The number of nitrogens with zero attached hydrogens (tertiary/aromatic N) is 3. The van der Waals surface area contributed by atoms with Gasteiger partial charge in [0.05, 0.1) is 11.7 Å². The molecule has 1 aliphatic rings. The van der Waals surface area contributed by atoms with Crippen molar-refractivity contribution in [2.75, 3.05) is 27.2 Å². The zero-order chi connectivity index (χ0) is 22.0. The molecule has 0 spiro atoms. The predicted molar refractivity (Wildman–Crippen MR) is 132 cm³/mol. The molecule has 0 amide bonds. The Hall–Kier alpha value is -2.22. The number of benzene rings is 1. The van der Waals surface area contributed by atoms with Gasteiger partial charge in [-0.2, -0.15) is 0 Å². The van der Waals surface area contributed by atoms with E-state index in [1.165, 1.54) is 5.56 Å². The monoisotopic (exact) mass is 498 g/mol. The second kappa shape index (κ2) is 9.51. The third-order valence-electron chi connectivity index (χ3n) is 5.51. The fourth-order valence-corrected chi connectivity index (χ4v) is 5.01. The van der Waals surface area contributed by atoms with Gasteiger partial charge in [0.1, 0.15) is 17.6 Å². The van der Waals surface area contributed by atoms with Crippen molar-refractivity contribution in [1.29, 1.82) is 0 Å². The third kappa shape index (κ3) is 4.84. The lowest BCUT2D eigenvalue weighted by Crippen LogP contribution is -2.32. The lowest BCUT2D eigenvalue weighted by molar-refractivity contribution is 0.261. The molecule has 4 rings (SSSR count). The van der Waals surface area contributed by atoms with E-state index >= 15 is 0 Å². The minimum atomic E-state index is -0.0616. The fourth-order valence-electron chi connectivity index (χ4n) is 3.99. The number of rotatable bonds is 7. The maximum Gasteiger partial charge on any atom is 0.170 e. The van der Waals surface area contributed by atoms with Crippen molar-refractivity contribution in [3.05, 3.63) is 76.2 Å². The Bertz CT molecular complexity index is 1050. The van der Waals surface area contributed by atoms with Crippen molar-refractivity contribution in [2.24, 2.45) is 0 Å². The zero-order valence-electron chi connectivity index (χ0n) is 18.0. The van der Waals surface area contributed by atoms with Crippen molar-refractivity contribution in [3.63, 3.8) is 0 Å². The van der Waals surface area contributed by atoms with Crippen LogP contribution in [-0.4, -0.2) is 47.1 Å². The first-order chi connectivity index (χ1) is 14.9. The summed E-state index contributed by atoms with van der Waals surface area (Å²) >= 11 is 9.41.